The highest BCUT2D eigenvalue weighted by atomic mass is 19.1. The largest absolute Gasteiger partial charge is 0.342 e. The summed E-state index contributed by atoms with van der Waals surface area (Å²) in [5.74, 6) is 0.931. The van der Waals surface area contributed by atoms with Crippen LogP contribution in [-0.2, 0) is 17.8 Å². The van der Waals surface area contributed by atoms with Gasteiger partial charge in [0.1, 0.15) is 5.82 Å². The van der Waals surface area contributed by atoms with Crippen LogP contribution in [0.1, 0.15) is 36.8 Å². The van der Waals surface area contributed by atoms with Gasteiger partial charge in [-0.15, -0.1) is 0 Å². The summed E-state index contributed by atoms with van der Waals surface area (Å²) in [6.07, 6.45) is 5.38. The smallest absolute Gasteiger partial charge is 0.226 e. The van der Waals surface area contributed by atoms with E-state index in [-0.39, 0.29) is 11.7 Å². The second-order valence-electron chi connectivity index (χ2n) is 8.66. The summed E-state index contributed by atoms with van der Waals surface area (Å²) in [6, 6.07) is 17.4. The maximum atomic E-state index is 13.1. The van der Waals surface area contributed by atoms with Gasteiger partial charge in [-0.05, 0) is 67.8 Å². The lowest BCUT2D eigenvalue weighted by atomic mass is 9.89. The molecule has 2 aliphatic rings. The molecule has 0 bridgehead atoms. The highest BCUT2D eigenvalue weighted by Crippen LogP contribution is 2.26. The second-order valence-corrected chi connectivity index (χ2v) is 8.66. The molecule has 0 unspecified atom stereocenters. The first-order chi connectivity index (χ1) is 14.2. The molecule has 0 spiro atoms. The van der Waals surface area contributed by atoms with Crippen LogP contribution in [0.3, 0.4) is 0 Å². The summed E-state index contributed by atoms with van der Waals surface area (Å²) in [5.41, 5.74) is 2.52. The molecule has 3 nitrogen and oxygen atoms in total. The molecule has 2 aromatic rings. The van der Waals surface area contributed by atoms with Gasteiger partial charge in [0.25, 0.3) is 0 Å². The van der Waals surface area contributed by atoms with Crippen LogP contribution in [0, 0.1) is 17.7 Å². The Morgan fingerprint density at radius 2 is 1.62 bits per heavy atom. The Labute approximate surface area is 173 Å². The van der Waals surface area contributed by atoms with Crippen molar-refractivity contribution in [3.05, 3.63) is 71.5 Å². The van der Waals surface area contributed by atoms with Crippen LogP contribution in [0.5, 0.6) is 0 Å². The van der Waals surface area contributed by atoms with Crippen molar-refractivity contribution in [2.75, 3.05) is 26.2 Å². The van der Waals surface area contributed by atoms with Crippen molar-refractivity contribution in [2.24, 2.45) is 11.8 Å². The number of halogens is 1. The fraction of sp³-hybridized carbons (Fsp3) is 0.480. The van der Waals surface area contributed by atoms with E-state index in [2.05, 4.69) is 40.1 Å². The van der Waals surface area contributed by atoms with E-state index in [1.165, 1.54) is 17.7 Å². The minimum Gasteiger partial charge on any atom is -0.342 e. The molecular formula is C25H31FN2O. The molecule has 2 aromatic carbocycles. The summed E-state index contributed by atoms with van der Waals surface area (Å²) in [7, 11) is 0. The van der Waals surface area contributed by atoms with Gasteiger partial charge in [0, 0.05) is 26.2 Å². The lowest BCUT2D eigenvalue weighted by Gasteiger charge is -2.38. The first-order valence-electron chi connectivity index (χ1n) is 11.0. The van der Waals surface area contributed by atoms with Crippen LogP contribution < -0.4 is 0 Å². The minimum absolute atomic E-state index is 0.106. The highest BCUT2D eigenvalue weighted by Gasteiger charge is 2.31. The third-order valence-corrected chi connectivity index (χ3v) is 6.47. The molecule has 29 heavy (non-hydrogen) atoms. The van der Waals surface area contributed by atoms with Gasteiger partial charge in [-0.3, -0.25) is 9.69 Å². The van der Waals surface area contributed by atoms with Crippen molar-refractivity contribution in [3.8, 4) is 0 Å². The number of nitrogens with zero attached hydrogens (tertiary/aromatic N) is 2. The van der Waals surface area contributed by atoms with Crippen LogP contribution in [0.2, 0.25) is 0 Å². The average Bonchev–Trinajstić information content (AvgIpc) is 2.76. The van der Waals surface area contributed by atoms with E-state index in [4.69, 9.17) is 0 Å². The molecule has 4 heteroatoms. The Balaban J connectivity index is 1.26. The van der Waals surface area contributed by atoms with Gasteiger partial charge < -0.3 is 4.90 Å². The van der Waals surface area contributed by atoms with Crippen molar-refractivity contribution in [1.82, 2.24) is 9.80 Å². The summed E-state index contributed by atoms with van der Waals surface area (Å²) in [6.45, 7) is 4.42. The first kappa shape index (κ1) is 20.1. The Morgan fingerprint density at radius 1 is 0.897 bits per heavy atom. The average molecular weight is 395 g/mol. The number of carbonyl (C=O) groups excluding carboxylic acids is 1. The third kappa shape index (κ3) is 5.45. The quantitative estimate of drug-likeness (QED) is 0.744. The molecule has 0 radical (unpaired) electrons. The number of hydrogen-bond donors (Lipinski definition) is 0. The monoisotopic (exact) mass is 394 g/mol. The van der Waals surface area contributed by atoms with Crippen LogP contribution in [0.15, 0.2) is 54.6 Å². The SMILES string of the molecule is O=C([C@H]1CCCN(Cc2ccc(F)cc2)C1)N1CCC(Cc2ccccc2)CC1. The zero-order valence-electron chi connectivity index (χ0n) is 17.1. The van der Waals surface area contributed by atoms with E-state index in [9.17, 15) is 9.18 Å². The Hall–Kier alpha value is -2.20. The van der Waals surface area contributed by atoms with E-state index in [1.54, 1.807) is 0 Å². The fourth-order valence-corrected chi connectivity index (χ4v) is 4.81. The highest BCUT2D eigenvalue weighted by molar-refractivity contribution is 5.79. The summed E-state index contributed by atoms with van der Waals surface area (Å²) in [4.78, 5) is 17.6. The summed E-state index contributed by atoms with van der Waals surface area (Å²) >= 11 is 0. The zero-order chi connectivity index (χ0) is 20.1. The first-order valence-corrected chi connectivity index (χ1v) is 11.0. The van der Waals surface area contributed by atoms with E-state index >= 15 is 0 Å². The van der Waals surface area contributed by atoms with Crippen LogP contribution >= 0.6 is 0 Å². The Kier molecular flexibility index (Phi) is 6.60. The van der Waals surface area contributed by atoms with Gasteiger partial charge in [0.05, 0.1) is 5.92 Å². The van der Waals surface area contributed by atoms with Crippen molar-refractivity contribution in [1.29, 1.82) is 0 Å². The van der Waals surface area contributed by atoms with Gasteiger partial charge in [0.2, 0.25) is 5.91 Å². The molecule has 1 amide bonds. The van der Waals surface area contributed by atoms with E-state index in [0.717, 1.165) is 70.4 Å². The van der Waals surface area contributed by atoms with Crippen LogP contribution in [0.25, 0.3) is 0 Å². The lowest BCUT2D eigenvalue weighted by molar-refractivity contribution is -0.138. The molecule has 2 fully saturated rings. The molecule has 4 rings (SSSR count). The van der Waals surface area contributed by atoms with Crippen LogP contribution in [0.4, 0.5) is 4.39 Å². The standard InChI is InChI=1S/C25H31FN2O/c26-24-10-8-22(9-11-24)18-27-14-4-7-23(19-27)25(29)28-15-12-21(13-16-28)17-20-5-2-1-3-6-20/h1-3,5-6,8-11,21,23H,4,7,12-19H2/t23-/m0/s1. The third-order valence-electron chi connectivity index (χ3n) is 6.47. The second kappa shape index (κ2) is 9.53. The molecule has 0 aromatic heterocycles. The lowest BCUT2D eigenvalue weighted by Crippen LogP contribution is -2.47. The van der Waals surface area contributed by atoms with Gasteiger partial charge in [-0.25, -0.2) is 4.39 Å². The fourth-order valence-electron chi connectivity index (χ4n) is 4.81. The number of carbonyl (C=O) groups is 1. The molecule has 2 aliphatic heterocycles. The van der Waals surface area contributed by atoms with E-state index in [1.807, 2.05) is 12.1 Å². The molecular weight excluding hydrogens is 363 g/mol. The maximum absolute atomic E-state index is 13.1. The molecule has 154 valence electrons. The zero-order valence-corrected chi connectivity index (χ0v) is 17.1. The predicted octanol–water partition coefficient (Wildman–Crippen LogP) is 4.52. The van der Waals surface area contributed by atoms with Crippen molar-refractivity contribution in [2.45, 2.75) is 38.6 Å². The van der Waals surface area contributed by atoms with Gasteiger partial charge >= 0.3 is 0 Å². The molecule has 1 atom stereocenters. The number of likely N-dealkylation sites (tertiary alicyclic amines) is 2. The Bertz CT molecular complexity index is 784. The predicted molar refractivity (Wildman–Crippen MR) is 114 cm³/mol. The van der Waals surface area contributed by atoms with E-state index < -0.39 is 0 Å². The molecule has 0 N–H and O–H groups in total. The topological polar surface area (TPSA) is 23.6 Å². The summed E-state index contributed by atoms with van der Waals surface area (Å²) in [5, 5.41) is 0. The van der Waals surface area contributed by atoms with Crippen molar-refractivity contribution < 1.29 is 9.18 Å². The molecule has 0 aliphatic carbocycles. The number of benzene rings is 2. The number of amides is 1. The molecule has 0 saturated carbocycles. The van der Waals surface area contributed by atoms with Crippen molar-refractivity contribution >= 4 is 5.91 Å². The van der Waals surface area contributed by atoms with Gasteiger partial charge in [0.15, 0.2) is 0 Å². The van der Waals surface area contributed by atoms with Gasteiger partial charge in [-0.2, -0.15) is 0 Å². The number of rotatable bonds is 5. The van der Waals surface area contributed by atoms with Crippen LogP contribution in [-0.4, -0.2) is 41.9 Å². The number of piperidine rings is 2. The Morgan fingerprint density at radius 3 is 2.34 bits per heavy atom. The summed E-state index contributed by atoms with van der Waals surface area (Å²) < 4.78 is 13.1. The number of hydrogen-bond acceptors (Lipinski definition) is 2. The molecule has 2 saturated heterocycles. The van der Waals surface area contributed by atoms with Gasteiger partial charge in [-0.1, -0.05) is 42.5 Å². The maximum Gasteiger partial charge on any atom is 0.226 e. The minimum atomic E-state index is -0.198. The van der Waals surface area contributed by atoms with Crippen molar-refractivity contribution in [3.63, 3.8) is 0 Å². The normalized spacial score (nSPS) is 21.3. The van der Waals surface area contributed by atoms with E-state index in [0.29, 0.717) is 11.8 Å². The molecule has 2 heterocycles.